The third-order valence-electron chi connectivity index (χ3n) is 1.64. The number of halogens is 1. The average molecular weight is 202 g/mol. The van der Waals surface area contributed by atoms with Crippen LogP contribution >= 0.6 is 11.6 Å². The second kappa shape index (κ2) is 3.62. The molecule has 5 heteroatoms. The Morgan fingerprint density at radius 1 is 1.69 bits per heavy atom. The summed E-state index contributed by atoms with van der Waals surface area (Å²) in [6, 6.07) is 1.45. The highest BCUT2D eigenvalue weighted by Gasteiger charge is 2.14. The number of nitrogens with one attached hydrogen (secondary N) is 1. The number of carboxylic acid groups (broad SMARTS) is 1. The molecule has 0 bridgehead atoms. The average Bonchev–Trinajstić information content (AvgIpc) is 2.02. The van der Waals surface area contributed by atoms with Gasteiger partial charge in [-0.15, -0.1) is 0 Å². The molecule has 70 valence electrons. The Labute approximate surface area is 79.2 Å². The lowest BCUT2D eigenvalue weighted by Crippen LogP contribution is -2.19. The molecule has 1 heterocycles. The normalized spacial score (nSPS) is 10.0. The Balaban J connectivity index is 3.40. The summed E-state index contributed by atoms with van der Waals surface area (Å²) in [5.74, 6) is -1.31. The van der Waals surface area contributed by atoms with Gasteiger partial charge in [0.05, 0.1) is 5.02 Å². The lowest BCUT2D eigenvalue weighted by atomic mass is 10.2. The fourth-order valence-electron chi connectivity index (χ4n) is 0.968. The van der Waals surface area contributed by atoms with Crippen molar-refractivity contribution in [2.24, 2.45) is 0 Å². The van der Waals surface area contributed by atoms with Crippen molar-refractivity contribution in [1.82, 2.24) is 4.98 Å². The van der Waals surface area contributed by atoms with Crippen LogP contribution < -0.4 is 5.56 Å². The predicted octanol–water partition coefficient (Wildman–Crippen LogP) is 1.29. The van der Waals surface area contributed by atoms with Gasteiger partial charge in [-0.25, -0.2) is 4.79 Å². The Morgan fingerprint density at radius 2 is 2.31 bits per heavy atom. The molecule has 0 fully saturated rings. The van der Waals surface area contributed by atoms with E-state index in [0.717, 1.165) is 0 Å². The highest BCUT2D eigenvalue weighted by Crippen LogP contribution is 2.12. The minimum atomic E-state index is -1.31. The molecular formula is C8H8ClNO3. The fourth-order valence-corrected chi connectivity index (χ4v) is 1.27. The molecule has 1 rings (SSSR count). The molecule has 0 unspecified atom stereocenters. The Bertz CT molecular complexity index is 397. The summed E-state index contributed by atoms with van der Waals surface area (Å²) in [6.07, 6.45) is 0.606. The molecule has 13 heavy (non-hydrogen) atoms. The minimum absolute atomic E-state index is 0.0203. The molecule has 0 saturated heterocycles. The zero-order valence-corrected chi connectivity index (χ0v) is 7.68. The van der Waals surface area contributed by atoms with Crippen LogP contribution in [0.4, 0.5) is 0 Å². The van der Waals surface area contributed by atoms with E-state index in [1.54, 1.807) is 0 Å². The van der Waals surface area contributed by atoms with Crippen LogP contribution in [-0.4, -0.2) is 16.1 Å². The van der Waals surface area contributed by atoms with Crippen LogP contribution in [0.15, 0.2) is 10.9 Å². The van der Waals surface area contributed by atoms with E-state index in [9.17, 15) is 9.59 Å². The number of aromatic carboxylic acids is 1. The quantitative estimate of drug-likeness (QED) is 0.758. The molecule has 0 spiro atoms. The number of aromatic nitrogens is 1. The first-order chi connectivity index (χ1) is 6.06. The van der Waals surface area contributed by atoms with Gasteiger partial charge in [0.1, 0.15) is 5.56 Å². The zero-order valence-electron chi connectivity index (χ0n) is 6.93. The molecule has 1 aromatic rings. The first kappa shape index (κ1) is 9.80. The second-order valence-electron chi connectivity index (χ2n) is 2.51. The number of aromatic amines is 1. The van der Waals surface area contributed by atoms with E-state index in [-0.39, 0.29) is 5.02 Å². The number of aryl methyl sites for hydroxylation is 1. The molecule has 0 aliphatic carbocycles. The lowest BCUT2D eigenvalue weighted by molar-refractivity contribution is 0.0695. The molecule has 0 saturated carbocycles. The van der Waals surface area contributed by atoms with Crippen molar-refractivity contribution < 1.29 is 9.90 Å². The Morgan fingerprint density at radius 3 is 2.69 bits per heavy atom. The van der Waals surface area contributed by atoms with Crippen LogP contribution in [0.1, 0.15) is 23.0 Å². The summed E-state index contributed by atoms with van der Waals surface area (Å²) >= 11 is 5.61. The smallest absolute Gasteiger partial charge is 0.342 e. The Hall–Kier alpha value is -1.29. The van der Waals surface area contributed by atoms with E-state index < -0.39 is 17.1 Å². The van der Waals surface area contributed by atoms with Gasteiger partial charge < -0.3 is 10.1 Å². The topological polar surface area (TPSA) is 70.2 Å². The summed E-state index contributed by atoms with van der Waals surface area (Å²) in [4.78, 5) is 24.1. The van der Waals surface area contributed by atoms with E-state index in [1.165, 1.54) is 6.07 Å². The first-order valence-electron chi connectivity index (χ1n) is 3.71. The number of pyridine rings is 1. The van der Waals surface area contributed by atoms with E-state index in [1.807, 2.05) is 6.92 Å². The molecule has 2 N–H and O–H groups in total. The zero-order chi connectivity index (χ0) is 10.0. The monoisotopic (exact) mass is 201 g/mol. The van der Waals surface area contributed by atoms with Crippen molar-refractivity contribution in [1.29, 1.82) is 0 Å². The van der Waals surface area contributed by atoms with Crippen LogP contribution in [0.2, 0.25) is 5.02 Å². The molecule has 1 aromatic heterocycles. The number of hydrogen-bond donors (Lipinski definition) is 2. The van der Waals surface area contributed by atoms with Gasteiger partial charge in [-0.1, -0.05) is 18.5 Å². The van der Waals surface area contributed by atoms with Gasteiger partial charge in [-0.05, 0) is 12.5 Å². The van der Waals surface area contributed by atoms with E-state index >= 15 is 0 Å². The first-order valence-corrected chi connectivity index (χ1v) is 4.09. The molecule has 0 amide bonds. The van der Waals surface area contributed by atoms with Gasteiger partial charge in [-0.2, -0.15) is 0 Å². The SMILES string of the molecule is CCc1cc(Cl)c(C(=O)O)c(=O)[nH]1. The van der Waals surface area contributed by atoms with Gasteiger partial charge >= 0.3 is 5.97 Å². The van der Waals surface area contributed by atoms with Crippen molar-refractivity contribution in [3.63, 3.8) is 0 Å². The summed E-state index contributed by atoms with van der Waals surface area (Å²) in [5.41, 5.74) is -0.435. The third kappa shape index (κ3) is 1.89. The maximum Gasteiger partial charge on any atom is 0.342 e. The van der Waals surface area contributed by atoms with Crippen LogP contribution in [0, 0.1) is 0 Å². The number of hydrogen-bond acceptors (Lipinski definition) is 2. The van der Waals surface area contributed by atoms with Gasteiger partial charge in [0.2, 0.25) is 0 Å². The van der Waals surface area contributed by atoms with Gasteiger partial charge in [0, 0.05) is 5.69 Å². The number of carbonyl (C=O) groups is 1. The van der Waals surface area contributed by atoms with Gasteiger partial charge in [-0.3, -0.25) is 4.79 Å². The van der Waals surface area contributed by atoms with Crippen molar-refractivity contribution in [2.75, 3.05) is 0 Å². The van der Waals surface area contributed by atoms with Crippen molar-refractivity contribution in [2.45, 2.75) is 13.3 Å². The van der Waals surface area contributed by atoms with Crippen molar-refractivity contribution in [3.8, 4) is 0 Å². The lowest BCUT2D eigenvalue weighted by Gasteiger charge is -2.00. The summed E-state index contributed by atoms with van der Waals surface area (Å²) < 4.78 is 0. The predicted molar refractivity (Wildman–Crippen MR) is 48.4 cm³/mol. The molecule has 0 aliphatic rings. The standard InChI is InChI=1S/C8H8ClNO3/c1-2-4-3-5(9)6(8(12)13)7(11)10-4/h3H,2H2,1H3,(H,10,11)(H,12,13). The maximum atomic E-state index is 11.1. The third-order valence-corrected chi connectivity index (χ3v) is 1.93. The summed E-state index contributed by atoms with van der Waals surface area (Å²) in [5, 5.41) is 8.59. The van der Waals surface area contributed by atoms with Gasteiger partial charge in [0.15, 0.2) is 0 Å². The molecule has 0 aromatic carbocycles. The minimum Gasteiger partial charge on any atom is -0.477 e. The van der Waals surface area contributed by atoms with Crippen LogP contribution in [0.3, 0.4) is 0 Å². The molecule has 0 aliphatic heterocycles. The number of carboxylic acids is 1. The largest absolute Gasteiger partial charge is 0.477 e. The van der Waals surface area contributed by atoms with Crippen LogP contribution in [0.25, 0.3) is 0 Å². The van der Waals surface area contributed by atoms with E-state index in [2.05, 4.69) is 4.98 Å². The summed E-state index contributed by atoms with van der Waals surface area (Å²) in [7, 11) is 0. The fraction of sp³-hybridized carbons (Fsp3) is 0.250. The van der Waals surface area contributed by atoms with E-state index in [4.69, 9.17) is 16.7 Å². The highest BCUT2D eigenvalue weighted by atomic mass is 35.5. The van der Waals surface area contributed by atoms with E-state index in [0.29, 0.717) is 12.1 Å². The highest BCUT2D eigenvalue weighted by molar-refractivity contribution is 6.33. The van der Waals surface area contributed by atoms with Crippen molar-refractivity contribution in [3.05, 3.63) is 32.7 Å². The number of rotatable bonds is 2. The van der Waals surface area contributed by atoms with Gasteiger partial charge in [0.25, 0.3) is 5.56 Å². The van der Waals surface area contributed by atoms with Crippen LogP contribution in [0.5, 0.6) is 0 Å². The summed E-state index contributed by atoms with van der Waals surface area (Å²) in [6.45, 7) is 1.84. The number of H-pyrrole nitrogens is 1. The molecule has 0 radical (unpaired) electrons. The molecule has 4 nitrogen and oxygen atoms in total. The molecular weight excluding hydrogens is 194 g/mol. The van der Waals surface area contributed by atoms with Crippen molar-refractivity contribution >= 4 is 17.6 Å². The Kier molecular flexibility index (Phi) is 2.72. The maximum absolute atomic E-state index is 11.1. The van der Waals surface area contributed by atoms with Crippen LogP contribution in [-0.2, 0) is 6.42 Å². The molecule has 0 atom stereocenters. The second-order valence-corrected chi connectivity index (χ2v) is 2.91.